The lowest BCUT2D eigenvalue weighted by Gasteiger charge is -2.20. The Hall–Kier alpha value is -2.68. The fraction of sp³-hybridized carbons (Fsp3) is 0.385. The second kappa shape index (κ2) is 6.39. The zero-order valence-electron chi connectivity index (χ0n) is 12.1. The summed E-state index contributed by atoms with van der Waals surface area (Å²) >= 11 is 0. The van der Waals surface area contributed by atoms with E-state index in [-0.39, 0.29) is 18.7 Å². The van der Waals surface area contributed by atoms with Gasteiger partial charge in [-0.05, 0) is 19.1 Å². The van der Waals surface area contributed by atoms with E-state index in [0.29, 0.717) is 5.69 Å². The Kier molecular flexibility index (Phi) is 4.56. The van der Waals surface area contributed by atoms with Crippen LogP contribution in [-0.2, 0) is 14.4 Å². The predicted octanol–water partition coefficient (Wildman–Crippen LogP) is 1.68. The largest absolute Gasteiger partial charge is 0.466 e. The number of esters is 1. The molecule has 0 radical (unpaired) electrons. The lowest BCUT2D eigenvalue weighted by molar-refractivity contribution is -0.384. The molecule has 0 bridgehead atoms. The molecule has 0 aliphatic carbocycles. The monoisotopic (exact) mass is 309 g/mol. The van der Waals surface area contributed by atoms with Crippen molar-refractivity contribution in [2.45, 2.75) is 19.6 Å². The van der Waals surface area contributed by atoms with Gasteiger partial charge in [0, 0.05) is 24.9 Å². The first-order valence-electron chi connectivity index (χ1n) is 6.57. The van der Waals surface area contributed by atoms with E-state index >= 15 is 0 Å². The maximum Gasteiger partial charge on any atom is 0.350 e. The zero-order valence-corrected chi connectivity index (χ0v) is 12.1. The van der Waals surface area contributed by atoms with Gasteiger partial charge in [-0.2, -0.15) is 0 Å². The molecule has 1 aliphatic heterocycles. The quantitative estimate of drug-likeness (QED) is 0.466. The summed E-state index contributed by atoms with van der Waals surface area (Å²) in [4.78, 5) is 40.4. The van der Waals surface area contributed by atoms with Crippen molar-refractivity contribution in [3.8, 4) is 0 Å². The highest BCUT2D eigenvalue weighted by molar-refractivity contribution is 5.94. The first kappa shape index (κ1) is 15.7. The van der Waals surface area contributed by atoms with Crippen LogP contribution in [0.4, 0.5) is 16.2 Å². The molecule has 1 fully saturated rings. The normalized spacial score (nSPS) is 17.7. The number of nitrogens with zero attached hydrogens (tertiary/aromatic N) is 3. The third-order valence-electron chi connectivity index (χ3n) is 3.03. The predicted molar refractivity (Wildman–Crippen MR) is 74.9 cm³/mol. The van der Waals surface area contributed by atoms with Crippen molar-refractivity contribution in [3.05, 3.63) is 34.4 Å². The summed E-state index contributed by atoms with van der Waals surface area (Å²) in [6, 6.07) is 4.95. The molecule has 22 heavy (non-hydrogen) atoms. The molecule has 9 nitrogen and oxygen atoms in total. The molecule has 2 amide bonds. The molecule has 2 rings (SSSR count). The van der Waals surface area contributed by atoms with Gasteiger partial charge in [-0.25, -0.2) is 14.7 Å². The van der Waals surface area contributed by atoms with Gasteiger partial charge in [-0.15, -0.1) is 0 Å². The molecular formula is C13H15N3O6. The number of hydrogen-bond acceptors (Lipinski definition) is 6. The van der Waals surface area contributed by atoms with Gasteiger partial charge in [0.2, 0.25) is 0 Å². The highest BCUT2D eigenvalue weighted by atomic mass is 16.7. The lowest BCUT2D eigenvalue weighted by atomic mass is 10.2. The average Bonchev–Trinajstić information content (AvgIpc) is 2.74. The van der Waals surface area contributed by atoms with Crippen molar-refractivity contribution < 1.29 is 24.1 Å². The first-order chi connectivity index (χ1) is 10.4. The minimum Gasteiger partial charge on any atom is -0.466 e. The van der Waals surface area contributed by atoms with Crippen LogP contribution in [-0.4, -0.2) is 41.9 Å². The van der Waals surface area contributed by atoms with Crippen molar-refractivity contribution in [1.29, 1.82) is 0 Å². The van der Waals surface area contributed by atoms with Crippen LogP contribution in [0.3, 0.4) is 0 Å². The number of carbonyl (C=O) groups excluding carboxylic acids is 2. The summed E-state index contributed by atoms with van der Waals surface area (Å²) < 4.78 is 4.84. The highest BCUT2D eigenvalue weighted by Crippen LogP contribution is 2.28. The Labute approximate surface area is 126 Å². The molecule has 1 aromatic rings. The fourth-order valence-corrected chi connectivity index (χ4v) is 2.05. The van der Waals surface area contributed by atoms with Crippen molar-refractivity contribution in [2.24, 2.45) is 0 Å². The van der Waals surface area contributed by atoms with Crippen molar-refractivity contribution >= 4 is 23.4 Å². The average molecular weight is 309 g/mol. The van der Waals surface area contributed by atoms with Crippen LogP contribution in [0.1, 0.15) is 13.3 Å². The number of nitro groups is 1. The summed E-state index contributed by atoms with van der Waals surface area (Å²) in [6.45, 7) is 1.91. The molecule has 1 atom stereocenters. The van der Waals surface area contributed by atoms with E-state index in [9.17, 15) is 19.7 Å². The standard InChI is InChI=1S/C13H15N3O6/c1-3-21-12(17)8-11-15(13(18)14(2)22-11)9-4-6-10(7-5-9)16(19)20/h4-7,11H,3,8H2,1-2H3/t11-/m1/s1. The number of non-ortho nitro benzene ring substituents is 1. The Morgan fingerprint density at radius 3 is 2.59 bits per heavy atom. The number of nitro benzene ring substituents is 1. The van der Waals surface area contributed by atoms with Crippen LogP contribution in [0.5, 0.6) is 0 Å². The molecule has 1 aliphatic rings. The Bertz CT molecular complexity index is 588. The molecule has 1 saturated heterocycles. The van der Waals surface area contributed by atoms with E-state index in [0.717, 1.165) is 5.06 Å². The molecule has 0 aromatic heterocycles. The molecule has 1 aromatic carbocycles. The number of anilines is 1. The van der Waals surface area contributed by atoms with Crippen LogP contribution in [0, 0.1) is 10.1 Å². The number of hydroxylamine groups is 2. The third kappa shape index (κ3) is 3.14. The van der Waals surface area contributed by atoms with Crippen molar-refractivity contribution in [3.63, 3.8) is 0 Å². The molecule has 9 heteroatoms. The van der Waals surface area contributed by atoms with Crippen LogP contribution in [0.15, 0.2) is 24.3 Å². The maximum absolute atomic E-state index is 12.1. The van der Waals surface area contributed by atoms with Crippen molar-refractivity contribution in [1.82, 2.24) is 5.06 Å². The third-order valence-corrected chi connectivity index (χ3v) is 3.03. The van der Waals surface area contributed by atoms with Crippen LogP contribution in [0.25, 0.3) is 0 Å². The minimum atomic E-state index is -0.849. The number of ether oxygens (including phenoxy) is 1. The van der Waals surface area contributed by atoms with E-state index in [1.165, 1.54) is 36.2 Å². The van der Waals surface area contributed by atoms with E-state index in [1.54, 1.807) is 6.92 Å². The Morgan fingerprint density at radius 1 is 1.41 bits per heavy atom. The van der Waals surface area contributed by atoms with E-state index in [2.05, 4.69) is 0 Å². The molecule has 0 unspecified atom stereocenters. The van der Waals surface area contributed by atoms with Gasteiger partial charge in [0.1, 0.15) is 0 Å². The van der Waals surface area contributed by atoms with E-state index in [4.69, 9.17) is 9.57 Å². The van der Waals surface area contributed by atoms with Crippen molar-refractivity contribution in [2.75, 3.05) is 18.6 Å². The topological polar surface area (TPSA) is 102 Å². The summed E-state index contributed by atoms with van der Waals surface area (Å²) in [5.74, 6) is -0.498. The summed E-state index contributed by atoms with van der Waals surface area (Å²) in [7, 11) is 1.42. The summed E-state index contributed by atoms with van der Waals surface area (Å²) in [6.07, 6.45) is -0.987. The number of amides is 2. The summed E-state index contributed by atoms with van der Waals surface area (Å²) in [5, 5.41) is 11.7. The SMILES string of the molecule is CCOC(=O)C[C@H]1ON(C)C(=O)N1c1ccc([N+](=O)[O-])cc1. The van der Waals surface area contributed by atoms with Crippen LogP contribution in [0.2, 0.25) is 0 Å². The van der Waals surface area contributed by atoms with Gasteiger partial charge in [0.05, 0.1) is 18.0 Å². The Morgan fingerprint density at radius 2 is 2.05 bits per heavy atom. The van der Waals surface area contributed by atoms with Gasteiger partial charge in [-0.1, -0.05) is 0 Å². The molecule has 0 spiro atoms. The second-order valence-corrected chi connectivity index (χ2v) is 4.49. The molecule has 118 valence electrons. The van der Waals surface area contributed by atoms with Gasteiger partial charge in [-0.3, -0.25) is 19.8 Å². The summed E-state index contributed by atoms with van der Waals surface area (Å²) in [5.41, 5.74) is 0.306. The maximum atomic E-state index is 12.1. The number of hydrogen-bond donors (Lipinski definition) is 0. The smallest absolute Gasteiger partial charge is 0.350 e. The zero-order chi connectivity index (χ0) is 16.3. The minimum absolute atomic E-state index is 0.0911. The number of urea groups is 1. The van der Waals surface area contributed by atoms with Gasteiger partial charge in [0.25, 0.3) is 5.69 Å². The number of rotatable bonds is 5. The molecule has 0 saturated carbocycles. The van der Waals surface area contributed by atoms with Gasteiger partial charge >= 0.3 is 12.0 Å². The van der Waals surface area contributed by atoms with Gasteiger partial charge < -0.3 is 4.74 Å². The first-order valence-corrected chi connectivity index (χ1v) is 6.57. The van der Waals surface area contributed by atoms with E-state index in [1.807, 2.05) is 0 Å². The lowest BCUT2D eigenvalue weighted by Crippen LogP contribution is -2.35. The molecule has 1 heterocycles. The Balaban J connectivity index is 2.22. The number of carbonyl (C=O) groups is 2. The molecule has 0 N–H and O–H groups in total. The van der Waals surface area contributed by atoms with Gasteiger partial charge in [0.15, 0.2) is 6.23 Å². The van der Waals surface area contributed by atoms with Crippen LogP contribution >= 0.6 is 0 Å². The van der Waals surface area contributed by atoms with Crippen LogP contribution < -0.4 is 4.90 Å². The molecular weight excluding hydrogens is 294 g/mol. The highest BCUT2D eigenvalue weighted by Gasteiger charge is 2.39. The second-order valence-electron chi connectivity index (χ2n) is 4.49. The fourth-order valence-electron chi connectivity index (χ4n) is 2.05. The van der Waals surface area contributed by atoms with E-state index < -0.39 is 23.2 Å². The number of benzene rings is 1.